The molecule has 4 N–H and O–H groups in total. The third-order valence-corrected chi connectivity index (χ3v) is 3.42. The number of anilines is 1. The zero-order valence-corrected chi connectivity index (χ0v) is 11.0. The lowest BCUT2D eigenvalue weighted by Gasteiger charge is -2.10. The third-order valence-electron chi connectivity index (χ3n) is 3.42. The van der Waals surface area contributed by atoms with Crippen molar-refractivity contribution in [3.63, 3.8) is 0 Å². The minimum absolute atomic E-state index is 0.0292. The van der Waals surface area contributed by atoms with Gasteiger partial charge in [-0.3, -0.25) is 9.59 Å². The van der Waals surface area contributed by atoms with Crippen molar-refractivity contribution < 1.29 is 14.6 Å². The molecule has 0 radical (unpaired) electrons. The van der Waals surface area contributed by atoms with Crippen LogP contribution in [0.25, 0.3) is 0 Å². The van der Waals surface area contributed by atoms with E-state index in [0.717, 1.165) is 11.3 Å². The van der Waals surface area contributed by atoms with Gasteiger partial charge in [0.05, 0.1) is 17.9 Å². The van der Waals surface area contributed by atoms with E-state index in [1.165, 1.54) is 0 Å². The second-order valence-electron chi connectivity index (χ2n) is 4.79. The molecule has 0 aliphatic carbocycles. The number of nitrogens with zero attached hydrogens (tertiary/aromatic N) is 1. The zero-order valence-electron chi connectivity index (χ0n) is 11.0. The number of aromatic amines is 1. The maximum atomic E-state index is 12.0. The molecule has 3 rings (SSSR count). The Morgan fingerprint density at radius 2 is 2.24 bits per heavy atom. The molecule has 2 heterocycles. The van der Waals surface area contributed by atoms with Crippen LogP contribution in [0.1, 0.15) is 22.9 Å². The fourth-order valence-corrected chi connectivity index (χ4v) is 2.41. The monoisotopic (exact) mass is 287 g/mol. The highest BCUT2D eigenvalue weighted by Gasteiger charge is 2.28. The molecule has 1 aliphatic rings. The van der Waals surface area contributed by atoms with Gasteiger partial charge in [0.2, 0.25) is 0 Å². The van der Waals surface area contributed by atoms with Crippen LogP contribution in [0.3, 0.4) is 0 Å². The number of rotatable bonds is 3. The summed E-state index contributed by atoms with van der Waals surface area (Å²) in [4.78, 5) is 29.5. The summed E-state index contributed by atoms with van der Waals surface area (Å²) in [5.74, 6) is -0.262. The van der Waals surface area contributed by atoms with Crippen molar-refractivity contribution in [3.8, 4) is 5.75 Å². The number of aliphatic carboxylic acids is 1. The fraction of sp³-hybridized carbons (Fsp3) is 0.214. The number of ether oxygens (including phenoxy) is 1. The van der Waals surface area contributed by atoms with Gasteiger partial charge in [-0.05, 0) is 6.07 Å². The van der Waals surface area contributed by atoms with Gasteiger partial charge in [0, 0.05) is 5.56 Å². The summed E-state index contributed by atoms with van der Waals surface area (Å²) in [5, 5.41) is 8.77. The van der Waals surface area contributed by atoms with Gasteiger partial charge in [-0.2, -0.15) is 0 Å². The Morgan fingerprint density at radius 3 is 2.95 bits per heavy atom. The molecule has 7 heteroatoms. The number of aromatic nitrogens is 2. The van der Waals surface area contributed by atoms with Crippen molar-refractivity contribution in [2.75, 3.05) is 12.3 Å². The molecule has 108 valence electrons. The molecular weight excluding hydrogens is 274 g/mol. The molecule has 1 aliphatic heterocycles. The van der Waals surface area contributed by atoms with Gasteiger partial charge in [0.25, 0.3) is 5.56 Å². The van der Waals surface area contributed by atoms with E-state index in [2.05, 4.69) is 9.97 Å². The summed E-state index contributed by atoms with van der Waals surface area (Å²) in [6.45, 7) is 0.361. The SMILES string of the molecule is Nc1nc(C2COc3ccccc32)[nH]c(=O)c1CC(=O)O. The lowest BCUT2D eigenvalue weighted by atomic mass is 10.0. The lowest BCUT2D eigenvalue weighted by molar-refractivity contribution is -0.136. The number of nitrogens with two attached hydrogens (primary N) is 1. The van der Waals surface area contributed by atoms with Crippen LogP contribution < -0.4 is 16.0 Å². The minimum atomic E-state index is -1.13. The normalized spacial score (nSPS) is 16.3. The second kappa shape index (κ2) is 4.93. The first-order chi connectivity index (χ1) is 10.1. The Bertz CT molecular complexity index is 769. The predicted octanol–water partition coefficient (Wildman–Crippen LogP) is 0.504. The lowest BCUT2D eigenvalue weighted by Crippen LogP contribution is -2.24. The number of nitrogens with one attached hydrogen (secondary N) is 1. The molecule has 1 aromatic carbocycles. The molecule has 0 spiro atoms. The highest BCUT2D eigenvalue weighted by molar-refractivity contribution is 5.71. The van der Waals surface area contributed by atoms with E-state index in [-0.39, 0.29) is 17.3 Å². The summed E-state index contributed by atoms with van der Waals surface area (Å²) >= 11 is 0. The van der Waals surface area contributed by atoms with E-state index in [0.29, 0.717) is 12.4 Å². The third kappa shape index (κ3) is 2.33. The quantitative estimate of drug-likeness (QED) is 0.756. The molecule has 0 saturated carbocycles. The summed E-state index contributed by atoms with van der Waals surface area (Å²) < 4.78 is 5.54. The predicted molar refractivity (Wildman–Crippen MR) is 74.4 cm³/mol. The Balaban J connectivity index is 2.02. The smallest absolute Gasteiger partial charge is 0.308 e. The average molecular weight is 287 g/mol. The summed E-state index contributed by atoms with van der Waals surface area (Å²) in [5.41, 5.74) is 6.09. The van der Waals surface area contributed by atoms with Crippen LogP contribution in [0.5, 0.6) is 5.75 Å². The molecule has 1 aromatic heterocycles. The van der Waals surface area contributed by atoms with E-state index in [1.807, 2.05) is 24.3 Å². The van der Waals surface area contributed by atoms with Crippen molar-refractivity contribution in [2.24, 2.45) is 0 Å². The molecular formula is C14H13N3O4. The summed E-state index contributed by atoms with van der Waals surface area (Å²) in [6, 6.07) is 7.48. The van der Waals surface area contributed by atoms with Crippen molar-refractivity contribution in [3.05, 3.63) is 51.6 Å². The van der Waals surface area contributed by atoms with Gasteiger partial charge < -0.3 is 20.6 Å². The van der Waals surface area contributed by atoms with Crippen molar-refractivity contribution >= 4 is 11.8 Å². The van der Waals surface area contributed by atoms with Gasteiger partial charge >= 0.3 is 5.97 Å². The van der Waals surface area contributed by atoms with E-state index in [4.69, 9.17) is 15.6 Å². The number of benzene rings is 1. The van der Waals surface area contributed by atoms with E-state index < -0.39 is 17.9 Å². The Kier molecular flexibility index (Phi) is 3.09. The van der Waals surface area contributed by atoms with Crippen molar-refractivity contribution in [2.45, 2.75) is 12.3 Å². The molecule has 0 saturated heterocycles. The van der Waals surface area contributed by atoms with Crippen LogP contribution in [0.15, 0.2) is 29.1 Å². The van der Waals surface area contributed by atoms with Crippen LogP contribution in [-0.2, 0) is 11.2 Å². The number of carboxylic acid groups (broad SMARTS) is 1. The topological polar surface area (TPSA) is 118 Å². The maximum Gasteiger partial charge on any atom is 0.308 e. The molecule has 0 amide bonds. The zero-order chi connectivity index (χ0) is 15.0. The van der Waals surface area contributed by atoms with E-state index in [9.17, 15) is 9.59 Å². The number of carboxylic acids is 1. The number of hydrogen-bond donors (Lipinski definition) is 3. The highest BCUT2D eigenvalue weighted by atomic mass is 16.5. The fourth-order valence-electron chi connectivity index (χ4n) is 2.41. The number of carbonyl (C=O) groups is 1. The molecule has 7 nitrogen and oxygen atoms in total. The van der Waals surface area contributed by atoms with Gasteiger partial charge in [-0.15, -0.1) is 0 Å². The average Bonchev–Trinajstić information content (AvgIpc) is 2.86. The molecule has 21 heavy (non-hydrogen) atoms. The first kappa shape index (κ1) is 13.2. The number of nitrogen functional groups attached to an aromatic ring is 1. The summed E-state index contributed by atoms with van der Waals surface area (Å²) in [6.07, 6.45) is -0.452. The van der Waals surface area contributed by atoms with Crippen LogP contribution in [0.4, 0.5) is 5.82 Å². The van der Waals surface area contributed by atoms with Gasteiger partial charge in [-0.25, -0.2) is 4.98 Å². The van der Waals surface area contributed by atoms with E-state index >= 15 is 0 Å². The van der Waals surface area contributed by atoms with Crippen LogP contribution in [0.2, 0.25) is 0 Å². The molecule has 0 bridgehead atoms. The number of hydrogen-bond acceptors (Lipinski definition) is 5. The van der Waals surface area contributed by atoms with Crippen LogP contribution >= 0.6 is 0 Å². The van der Waals surface area contributed by atoms with Gasteiger partial charge in [0.15, 0.2) is 0 Å². The van der Waals surface area contributed by atoms with Crippen molar-refractivity contribution in [1.82, 2.24) is 9.97 Å². The number of H-pyrrole nitrogens is 1. The Morgan fingerprint density at radius 1 is 1.48 bits per heavy atom. The molecule has 1 atom stereocenters. The Labute approximate surface area is 119 Å². The molecule has 2 aromatic rings. The second-order valence-corrected chi connectivity index (χ2v) is 4.79. The molecule has 1 unspecified atom stereocenters. The van der Waals surface area contributed by atoms with E-state index in [1.54, 1.807) is 0 Å². The van der Waals surface area contributed by atoms with Crippen LogP contribution in [0, 0.1) is 0 Å². The van der Waals surface area contributed by atoms with Crippen molar-refractivity contribution in [1.29, 1.82) is 0 Å². The van der Waals surface area contributed by atoms with Crippen LogP contribution in [-0.4, -0.2) is 27.7 Å². The maximum absolute atomic E-state index is 12.0. The Hall–Kier alpha value is -2.83. The number of fused-ring (bicyclic) bond motifs is 1. The molecule has 0 fully saturated rings. The van der Waals surface area contributed by atoms with Gasteiger partial charge in [0.1, 0.15) is 24.0 Å². The number of para-hydroxylation sites is 1. The summed E-state index contributed by atoms with van der Waals surface area (Å²) in [7, 11) is 0. The highest BCUT2D eigenvalue weighted by Crippen LogP contribution is 2.36. The standard InChI is InChI=1S/C14H13N3O4/c15-12-8(5-11(18)19)14(20)17-13(16-12)9-6-21-10-4-2-1-3-7(9)10/h1-4,9H,5-6H2,(H,18,19)(H3,15,16,17,20). The van der Waals surface area contributed by atoms with Gasteiger partial charge in [-0.1, -0.05) is 18.2 Å². The largest absolute Gasteiger partial charge is 0.492 e. The first-order valence-corrected chi connectivity index (χ1v) is 6.38. The first-order valence-electron chi connectivity index (χ1n) is 6.38. The minimum Gasteiger partial charge on any atom is -0.492 e.